The van der Waals surface area contributed by atoms with Crippen molar-refractivity contribution in [1.29, 1.82) is 0 Å². The highest BCUT2D eigenvalue weighted by Gasteiger charge is 2.26. The van der Waals surface area contributed by atoms with Crippen LogP contribution in [0.1, 0.15) is 64.8 Å². The summed E-state index contributed by atoms with van der Waals surface area (Å²) in [4.78, 5) is 0. The smallest absolute Gasteiger partial charge is 0.122 e. The fraction of sp³-hybridized carbons (Fsp3) is 0.415. The Kier molecular flexibility index (Phi) is 12.2. The number of aliphatic hydroxyl groups excluding tert-OH is 1. The summed E-state index contributed by atoms with van der Waals surface area (Å²) in [5.74, 6) is 3.11. The molecular formula is C41H52O7. The molecule has 258 valence electrons. The number of hydrogen-bond donors (Lipinski definition) is 1. The van der Waals surface area contributed by atoms with Crippen molar-refractivity contribution in [2.45, 2.75) is 71.7 Å². The second-order valence-corrected chi connectivity index (χ2v) is 13.2. The predicted molar refractivity (Wildman–Crippen MR) is 191 cm³/mol. The third-order valence-electron chi connectivity index (χ3n) is 8.87. The summed E-state index contributed by atoms with van der Waals surface area (Å²) in [7, 11) is 0. The number of aliphatic hydroxyl groups is 1. The summed E-state index contributed by atoms with van der Waals surface area (Å²) >= 11 is 0. The quantitative estimate of drug-likeness (QED) is 0.123. The molecule has 0 spiro atoms. The zero-order valence-electron chi connectivity index (χ0n) is 27.1. The van der Waals surface area contributed by atoms with Gasteiger partial charge in [0.15, 0.2) is 0 Å². The Labute approximate surface area is 286 Å². The lowest BCUT2D eigenvalue weighted by atomic mass is 9.78. The SMILES string of the molecule is C.C.CC(C)(c1ccc(OCC(O)COc2ccc(C(C)(C)c3ccc(OCC4CO4)cc3)cc2)cc1)c1ccc(OCC2CO2)cc1. The van der Waals surface area contributed by atoms with Crippen LogP contribution in [0.4, 0.5) is 0 Å². The number of epoxide rings is 2. The summed E-state index contributed by atoms with van der Waals surface area (Å²) in [5, 5.41) is 10.5. The van der Waals surface area contributed by atoms with E-state index in [4.69, 9.17) is 28.4 Å². The fourth-order valence-electron chi connectivity index (χ4n) is 5.34. The molecule has 0 radical (unpaired) electrons. The molecule has 2 aliphatic rings. The van der Waals surface area contributed by atoms with Crippen molar-refractivity contribution in [1.82, 2.24) is 0 Å². The summed E-state index contributed by atoms with van der Waals surface area (Å²) in [6.07, 6.45) is -0.289. The van der Waals surface area contributed by atoms with Crippen molar-refractivity contribution < 1.29 is 33.5 Å². The first-order valence-electron chi connectivity index (χ1n) is 16.0. The standard InChI is InChI=1S/C39H44O7.2CH4/c1-38(2,29-9-17-34(18-10-29)43-23-36-25-45-36)27-5-13-32(14-6-27)41-21-31(40)22-42-33-15-7-28(8-16-33)39(3,4)30-11-19-35(20-12-30)44-24-37-26-46-37;;/h5-20,31,36-37,40H,21-26H2,1-4H3;2*1H4. The second kappa shape index (κ2) is 15.9. The second-order valence-electron chi connectivity index (χ2n) is 13.2. The maximum Gasteiger partial charge on any atom is 0.122 e. The van der Waals surface area contributed by atoms with Crippen molar-refractivity contribution in [3.05, 3.63) is 119 Å². The van der Waals surface area contributed by atoms with Crippen LogP contribution in [-0.2, 0) is 20.3 Å². The first-order chi connectivity index (χ1) is 22.2. The summed E-state index contributed by atoms with van der Waals surface area (Å²) in [6, 6.07) is 32.6. The van der Waals surface area contributed by atoms with Crippen LogP contribution in [0.25, 0.3) is 0 Å². The number of ether oxygens (including phenoxy) is 6. The molecule has 4 aromatic rings. The van der Waals surface area contributed by atoms with Gasteiger partial charge in [-0.15, -0.1) is 0 Å². The van der Waals surface area contributed by atoms with E-state index in [1.165, 1.54) is 22.3 Å². The van der Waals surface area contributed by atoms with E-state index in [1.807, 2.05) is 48.5 Å². The molecule has 2 unspecified atom stereocenters. The molecule has 7 heteroatoms. The minimum atomic E-state index is -0.772. The van der Waals surface area contributed by atoms with Crippen LogP contribution < -0.4 is 18.9 Å². The van der Waals surface area contributed by atoms with Gasteiger partial charge in [0.1, 0.15) is 67.7 Å². The van der Waals surface area contributed by atoms with E-state index >= 15 is 0 Å². The molecule has 6 rings (SSSR count). The van der Waals surface area contributed by atoms with Crippen molar-refractivity contribution >= 4 is 0 Å². The highest BCUT2D eigenvalue weighted by molar-refractivity contribution is 5.43. The van der Waals surface area contributed by atoms with Crippen LogP contribution in [0.5, 0.6) is 23.0 Å². The van der Waals surface area contributed by atoms with Gasteiger partial charge in [0.25, 0.3) is 0 Å². The van der Waals surface area contributed by atoms with Gasteiger partial charge in [0.05, 0.1) is 13.2 Å². The zero-order chi connectivity index (χ0) is 32.1. The molecule has 0 aromatic heterocycles. The van der Waals surface area contributed by atoms with Gasteiger partial charge in [-0.25, -0.2) is 0 Å². The minimum Gasteiger partial charge on any atom is -0.491 e. The number of benzene rings is 4. The Morgan fingerprint density at radius 1 is 0.521 bits per heavy atom. The summed E-state index contributed by atoms with van der Waals surface area (Å²) in [5.41, 5.74) is 4.33. The zero-order valence-corrected chi connectivity index (χ0v) is 27.1. The summed E-state index contributed by atoms with van der Waals surface area (Å²) < 4.78 is 33.7. The summed E-state index contributed by atoms with van der Waals surface area (Å²) in [6.45, 7) is 11.8. The first kappa shape index (κ1) is 36.8. The molecular weight excluding hydrogens is 604 g/mol. The van der Waals surface area contributed by atoms with Crippen LogP contribution in [-0.4, -0.2) is 63.1 Å². The van der Waals surface area contributed by atoms with Gasteiger partial charge in [-0.2, -0.15) is 0 Å². The molecule has 7 nitrogen and oxygen atoms in total. The van der Waals surface area contributed by atoms with E-state index in [2.05, 4.69) is 76.2 Å². The molecule has 2 saturated heterocycles. The Bertz CT molecular complexity index is 1420. The molecule has 2 aliphatic heterocycles. The van der Waals surface area contributed by atoms with Gasteiger partial charge in [0.2, 0.25) is 0 Å². The molecule has 2 fully saturated rings. The molecule has 0 amide bonds. The third-order valence-corrected chi connectivity index (χ3v) is 8.87. The van der Waals surface area contributed by atoms with Crippen molar-refractivity contribution in [3.63, 3.8) is 0 Å². The normalized spacial score (nSPS) is 17.3. The van der Waals surface area contributed by atoms with Gasteiger partial charge < -0.3 is 33.5 Å². The van der Waals surface area contributed by atoms with Gasteiger partial charge >= 0.3 is 0 Å². The largest absolute Gasteiger partial charge is 0.491 e. The van der Waals surface area contributed by atoms with Crippen molar-refractivity contribution in [2.75, 3.05) is 39.6 Å². The maximum atomic E-state index is 10.5. The highest BCUT2D eigenvalue weighted by Crippen LogP contribution is 2.35. The van der Waals surface area contributed by atoms with E-state index in [0.717, 1.165) is 24.7 Å². The molecule has 0 saturated carbocycles. The molecule has 2 heterocycles. The van der Waals surface area contributed by atoms with Gasteiger partial charge in [-0.1, -0.05) is 91.1 Å². The average molecular weight is 657 g/mol. The van der Waals surface area contributed by atoms with Crippen molar-refractivity contribution in [3.8, 4) is 23.0 Å². The van der Waals surface area contributed by atoms with E-state index < -0.39 is 6.10 Å². The lowest BCUT2D eigenvalue weighted by molar-refractivity contribution is 0.0626. The van der Waals surface area contributed by atoms with Gasteiger partial charge in [-0.3, -0.25) is 0 Å². The molecule has 2 atom stereocenters. The third kappa shape index (κ3) is 9.53. The fourth-order valence-corrected chi connectivity index (χ4v) is 5.34. The lowest BCUT2D eigenvalue weighted by Crippen LogP contribution is -2.25. The van der Waals surface area contributed by atoms with E-state index in [1.54, 1.807) is 0 Å². The van der Waals surface area contributed by atoms with Crippen LogP contribution in [0, 0.1) is 0 Å². The highest BCUT2D eigenvalue weighted by atomic mass is 16.6. The lowest BCUT2D eigenvalue weighted by Gasteiger charge is -2.26. The average Bonchev–Trinajstić information content (AvgIpc) is 4.01. The van der Waals surface area contributed by atoms with E-state index in [0.29, 0.717) is 24.7 Å². The van der Waals surface area contributed by atoms with Crippen LogP contribution >= 0.6 is 0 Å². The molecule has 0 aliphatic carbocycles. The number of hydrogen-bond acceptors (Lipinski definition) is 7. The van der Waals surface area contributed by atoms with Crippen LogP contribution in [0.3, 0.4) is 0 Å². The molecule has 48 heavy (non-hydrogen) atoms. The van der Waals surface area contributed by atoms with E-state index in [9.17, 15) is 5.11 Å². The Morgan fingerprint density at radius 2 is 0.771 bits per heavy atom. The Hall–Kier alpha value is -4.04. The predicted octanol–water partition coefficient (Wildman–Crippen LogP) is 7.98. The van der Waals surface area contributed by atoms with Gasteiger partial charge in [-0.05, 0) is 70.8 Å². The van der Waals surface area contributed by atoms with Crippen LogP contribution in [0.15, 0.2) is 97.1 Å². The monoisotopic (exact) mass is 656 g/mol. The maximum absolute atomic E-state index is 10.5. The molecule has 4 aromatic carbocycles. The van der Waals surface area contributed by atoms with Crippen molar-refractivity contribution in [2.24, 2.45) is 0 Å². The molecule has 0 bridgehead atoms. The molecule has 1 N–H and O–H groups in total. The first-order valence-corrected chi connectivity index (χ1v) is 16.0. The topological polar surface area (TPSA) is 82.2 Å². The Morgan fingerprint density at radius 3 is 1.02 bits per heavy atom. The van der Waals surface area contributed by atoms with Crippen LogP contribution in [0.2, 0.25) is 0 Å². The number of rotatable bonds is 16. The van der Waals surface area contributed by atoms with Gasteiger partial charge in [0, 0.05) is 10.8 Å². The Balaban J connectivity index is 0.00000260. The minimum absolute atomic E-state index is 0. The van der Waals surface area contributed by atoms with E-state index in [-0.39, 0.29) is 51.1 Å².